The van der Waals surface area contributed by atoms with Crippen LogP contribution in [-0.2, 0) is 21.4 Å². The van der Waals surface area contributed by atoms with Gasteiger partial charge in [0.05, 0.1) is 27.7 Å². The molecule has 4 aromatic rings. The summed E-state index contributed by atoms with van der Waals surface area (Å²) in [6.07, 6.45) is 0. The molecule has 0 fully saturated rings. The highest BCUT2D eigenvalue weighted by molar-refractivity contribution is 7.93. The molecule has 1 aliphatic rings. The number of carbonyl (C=O) groups is 1. The van der Waals surface area contributed by atoms with E-state index in [2.05, 4.69) is 10.2 Å². The summed E-state index contributed by atoms with van der Waals surface area (Å²) in [5.74, 6) is 0.105. The van der Waals surface area contributed by atoms with Crippen LogP contribution >= 0.6 is 11.6 Å². The Morgan fingerprint density at radius 3 is 2.53 bits per heavy atom. The Labute approximate surface area is 201 Å². The maximum Gasteiger partial charge on any atom is 0.265 e. The van der Waals surface area contributed by atoms with Crippen molar-refractivity contribution in [2.24, 2.45) is 0 Å². The number of carbonyl (C=O) groups excluding carboxylic acids is 1. The van der Waals surface area contributed by atoms with E-state index in [4.69, 9.17) is 16.0 Å². The average Bonchev–Trinajstić information content (AvgIpc) is 3.36. The SMILES string of the molecule is CC(C)N(Cc1nnc(-c2ccccc2Cl)o1)C(=O)CN1c2cccc3cccc(c23)S1(=O)=O. The zero-order chi connectivity index (χ0) is 24.0. The molecular formula is C24H21ClN4O4S. The van der Waals surface area contributed by atoms with Crippen LogP contribution in [0.25, 0.3) is 22.2 Å². The number of hydrogen-bond acceptors (Lipinski definition) is 6. The number of hydrogen-bond donors (Lipinski definition) is 0. The lowest BCUT2D eigenvalue weighted by Gasteiger charge is -2.28. The number of anilines is 1. The summed E-state index contributed by atoms with van der Waals surface area (Å²) < 4.78 is 33.4. The van der Waals surface area contributed by atoms with Gasteiger partial charge in [0.15, 0.2) is 0 Å². The van der Waals surface area contributed by atoms with E-state index in [-0.39, 0.29) is 41.7 Å². The van der Waals surface area contributed by atoms with Crippen LogP contribution in [0.5, 0.6) is 0 Å². The van der Waals surface area contributed by atoms with Crippen LogP contribution in [0.3, 0.4) is 0 Å². The third kappa shape index (κ3) is 3.70. The van der Waals surface area contributed by atoms with E-state index >= 15 is 0 Å². The minimum atomic E-state index is -3.84. The molecule has 174 valence electrons. The van der Waals surface area contributed by atoms with E-state index in [1.807, 2.05) is 32.0 Å². The summed E-state index contributed by atoms with van der Waals surface area (Å²) in [5, 5.41) is 10.0. The van der Waals surface area contributed by atoms with Crippen LogP contribution in [0.2, 0.25) is 5.02 Å². The first-order valence-electron chi connectivity index (χ1n) is 10.7. The zero-order valence-corrected chi connectivity index (χ0v) is 20.0. The number of nitrogens with zero attached hydrogens (tertiary/aromatic N) is 4. The predicted molar refractivity (Wildman–Crippen MR) is 129 cm³/mol. The Morgan fingerprint density at radius 1 is 1.06 bits per heavy atom. The molecule has 5 rings (SSSR count). The molecule has 2 heterocycles. The van der Waals surface area contributed by atoms with Gasteiger partial charge in [0, 0.05) is 11.4 Å². The van der Waals surface area contributed by atoms with Crippen LogP contribution < -0.4 is 4.31 Å². The van der Waals surface area contributed by atoms with E-state index < -0.39 is 10.0 Å². The highest BCUT2D eigenvalue weighted by Gasteiger charge is 2.37. The summed E-state index contributed by atoms with van der Waals surface area (Å²) in [4.78, 5) is 15.1. The molecule has 0 N–H and O–H groups in total. The summed E-state index contributed by atoms with van der Waals surface area (Å²) in [7, 11) is -3.84. The van der Waals surface area contributed by atoms with Gasteiger partial charge in [-0.3, -0.25) is 9.10 Å². The number of benzene rings is 3. The van der Waals surface area contributed by atoms with Gasteiger partial charge in [-0.15, -0.1) is 10.2 Å². The lowest BCUT2D eigenvalue weighted by molar-refractivity contribution is -0.132. The quantitative estimate of drug-likeness (QED) is 0.390. The second kappa shape index (κ2) is 8.41. The molecule has 0 saturated carbocycles. The maximum absolute atomic E-state index is 13.3. The molecule has 1 aliphatic heterocycles. The number of halogens is 1. The molecule has 1 aromatic heterocycles. The monoisotopic (exact) mass is 496 g/mol. The predicted octanol–water partition coefficient (Wildman–Crippen LogP) is 4.49. The van der Waals surface area contributed by atoms with Crippen molar-refractivity contribution in [1.29, 1.82) is 0 Å². The number of aromatic nitrogens is 2. The van der Waals surface area contributed by atoms with Gasteiger partial charge in [0.1, 0.15) is 6.54 Å². The molecule has 1 amide bonds. The lowest BCUT2D eigenvalue weighted by Crippen LogP contribution is -2.44. The standard InChI is InChI=1S/C24H21ClN4O4S/c1-15(2)28(13-21-26-27-24(33-21)17-9-3-4-10-18(17)25)22(30)14-29-19-11-5-7-16-8-6-12-20(23(16)19)34(29,31)32/h3-12,15H,13-14H2,1-2H3. The molecule has 0 bridgehead atoms. The highest BCUT2D eigenvalue weighted by Crippen LogP contribution is 2.41. The molecule has 0 aliphatic carbocycles. The first kappa shape index (κ1) is 22.4. The van der Waals surface area contributed by atoms with Crippen molar-refractivity contribution >= 4 is 44.0 Å². The molecule has 10 heteroatoms. The van der Waals surface area contributed by atoms with Crippen LogP contribution in [0, 0.1) is 0 Å². The minimum Gasteiger partial charge on any atom is -0.419 e. The summed E-state index contributed by atoms with van der Waals surface area (Å²) in [5.41, 5.74) is 1.10. The average molecular weight is 497 g/mol. The summed E-state index contributed by atoms with van der Waals surface area (Å²) in [6.45, 7) is 3.40. The van der Waals surface area contributed by atoms with Crippen molar-refractivity contribution in [2.75, 3.05) is 10.8 Å². The van der Waals surface area contributed by atoms with Crippen molar-refractivity contribution in [3.63, 3.8) is 0 Å². The number of rotatable bonds is 6. The van der Waals surface area contributed by atoms with Crippen molar-refractivity contribution < 1.29 is 17.6 Å². The Bertz CT molecular complexity index is 1510. The molecule has 0 radical (unpaired) electrons. The molecule has 3 aromatic carbocycles. The summed E-state index contributed by atoms with van der Waals surface area (Å²) >= 11 is 6.21. The normalized spacial score (nSPS) is 14.2. The Kier molecular flexibility index (Phi) is 5.53. The second-order valence-electron chi connectivity index (χ2n) is 8.24. The summed E-state index contributed by atoms with van der Waals surface area (Å²) in [6, 6.07) is 17.4. The van der Waals surface area contributed by atoms with E-state index in [1.54, 1.807) is 42.5 Å². The minimum absolute atomic E-state index is 0.0407. The molecular weight excluding hydrogens is 476 g/mol. The van der Waals surface area contributed by atoms with Crippen molar-refractivity contribution in [3.05, 3.63) is 71.6 Å². The first-order valence-corrected chi connectivity index (χ1v) is 12.5. The van der Waals surface area contributed by atoms with Gasteiger partial charge in [0.2, 0.25) is 17.7 Å². The van der Waals surface area contributed by atoms with Crippen molar-refractivity contribution in [2.45, 2.75) is 31.3 Å². The van der Waals surface area contributed by atoms with Crippen LogP contribution in [0.4, 0.5) is 5.69 Å². The number of sulfonamides is 1. The molecule has 0 saturated heterocycles. The molecule has 0 atom stereocenters. The van der Waals surface area contributed by atoms with E-state index in [0.717, 1.165) is 5.39 Å². The fourth-order valence-corrected chi connectivity index (χ4v) is 5.98. The van der Waals surface area contributed by atoms with Crippen molar-refractivity contribution in [3.8, 4) is 11.5 Å². The van der Waals surface area contributed by atoms with Crippen LogP contribution in [0.1, 0.15) is 19.7 Å². The van der Waals surface area contributed by atoms with Gasteiger partial charge < -0.3 is 9.32 Å². The molecule has 0 spiro atoms. The fourth-order valence-electron chi connectivity index (χ4n) is 4.11. The Balaban J connectivity index is 1.41. The van der Waals surface area contributed by atoms with E-state index in [9.17, 15) is 13.2 Å². The van der Waals surface area contributed by atoms with Crippen LogP contribution in [0.15, 0.2) is 70.0 Å². The van der Waals surface area contributed by atoms with Gasteiger partial charge in [-0.2, -0.15) is 0 Å². The number of amides is 1. The molecule has 34 heavy (non-hydrogen) atoms. The smallest absolute Gasteiger partial charge is 0.265 e. The second-order valence-corrected chi connectivity index (χ2v) is 10.5. The third-order valence-electron chi connectivity index (χ3n) is 5.78. The topological polar surface area (TPSA) is 96.6 Å². The van der Waals surface area contributed by atoms with Gasteiger partial charge in [0.25, 0.3) is 10.0 Å². The van der Waals surface area contributed by atoms with Gasteiger partial charge in [-0.05, 0) is 43.5 Å². The van der Waals surface area contributed by atoms with Crippen LogP contribution in [-0.4, -0.2) is 42.0 Å². The van der Waals surface area contributed by atoms with Crippen molar-refractivity contribution in [1.82, 2.24) is 15.1 Å². The third-order valence-corrected chi connectivity index (χ3v) is 7.91. The first-order chi connectivity index (χ1) is 16.3. The largest absolute Gasteiger partial charge is 0.419 e. The van der Waals surface area contributed by atoms with Gasteiger partial charge in [-0.25, -0.2) is 8.42 Å². The van der Waals surface area contributed by atoms with E-state index in [1.165, 1.54) is 9.21 Å². The molecule has 8 nitrogen and oxygen atoms in total. The zero-order valence-electron chi connectivity index (χ0n) is 18.5. The van der Waals surface area contributed by atoms with Gasteiger partial charge >= 0.3 is 0 Å². The highest BCUT2D eigenvalue weighted by atomic mass is 35.5. The maximum atomic E-state index is 13.3. The lowest BCUT2D eigenvalue weighted by atomic mass is 10.1. The fraction of sp³-hybridized carbons (Fsp3) is 0.208. The van der Waals surface area contributed by atoms with Gasteiger partial charge in [-0.1, -0.05) is 48.0 Å². The molecule has 0 unspecified atom stereocenters. The van der Waals surface area contributed by atoms with E-state index in [0.29, 0.717) is 21.7 Å². The Morgan fingerprint density at radius 2 is 1.79 bits per heavy atom. The Hall–Kier alpha value is -3.43.